The zero-order chi connectivity index (χ0) is 36.1. The molecule has 0 unspecified atom stereocenters. The van der Waals surface area contributed by atoms with Crippen LogP contribution in [0, 0.1) is 6.07 Å². The van der Waals surface area contributed by atoms with Crippen molar-refractivity contribution in [2.75, 3.05) is 0 Å². The molecule has 263 valence electrons. The van der Waals surface area contributed by atoms with Crippen LogP contribution in [0.5, 0.6) is 0 Å². The Morgan fingerprint density at radius 1 is 0.273 bits per heavy atom. The van der Waals surface area contributed by atoms with Gasteiger partial charge in [-0.2, -0.15) is 0 Å². The molecule has 9 aromatic rings. The summed E-state index contributed by atoms with van der Waals surface area (Å²) < 4.78 is 0. The Kier molecular flexibility index (Phi) is 10.5. The Balaban J connectivity index is 0.00000427. The van der Waals surface area contributed by atoms with Gasteiger partial charge in [0.05, 0.1) is 0 Å². The van der Waals surface area contributed by atoms with Gasteiger partial charge < -0.3 is 4.98 Å². The molecule has 0 amide bonds. The maximum absolute atomic E-state index is 4.50. The second-order valence-corrected chi connectivity index (χ2v) is 13.6. The zero-order valence-electron chi connectivity index (χ0n) is 30.1. The molecular weight excluding hydrogens is 843 g/mol. The molecule has 0 atom stereocenters. The van der Waals surface area contributed by atoms with Gasteiger partial charge in [-0.1, -0.05) is 158 Å². The predicted octanol–water partition coefficient (Wildman–Crippen LogP) is 14.2. The second kappa shape index (κ2) is 16.3. The molecule has 0 saturated heterocycles. The maximum Gasteiger partial charge on any atom is 0.0160 e. The van der Waals surface area contributed by atoms with Crippen LogP contribution < -0.4 is 0 Å². The largest absolute Gasteiger partial charge is 0.305 e. The molecule has 9 rings (SSSR count). The quantitative estimate of drug-likeness (QED) is 0.139. The molecule has 0 saturated carbocycles. The van der Waals surface area contributed by atoms with E-state index in [2.05, 4.69) is 199 Å². The topological polar surface area (TPSA) is 12.9 Å². The Morgan fingerprint density at radius 2 is 0.600 bits per heavy atom. The SMILES string of the molecule is [Ir].[c-]1ccc(-c2ccc(-c3cccc(-c4cccc(-c5cccc(-c6cccc(-c7cccc(-c8ccccc8)c7)c6)c5)c4)c3)cc2)cc1-c1ccccn1. The summed E-state index contributed by atoms with van der Waals surface area (Å²) in [5.74, 6) is 0. The molecular formula is C53H36IrN-. The van der Waals surface area contributed by atoms with Crippen molar-refractivity contribution in [1.29, 1.82) is 0 Å². The van der Waals surface area contributed by atoms with Crippen molar-refractivity contribution in [3.8, 4) is 89.1 Å². The molecule has 0 fully saturated rings. The normalized spacial score (nSPS) is 10.8. The predicted molar refractivity (Wildman–Crippen MR) is 227 cm³/mol. The van der Waals surface area contributed by atoms with Crippen molar-refractivity contribution < 1.29 is 20.1 Å². The van der Waals surface area contributed by atoms with E-state index in [-0.39, 0.29) is 20.1 Å². The van der Waals surface area contributed by atoms with Gasteiger partial charge in [0, 0.05) is 26.3 Å². The summed E-state index contributed by atoms with van der Waals surface area (Å²) in [4.78, 5) is 4.50. The third-order valence-corrected chi connectivity index (χ3v) is 10.0. The molecule has 0 N–H and O–H groups in total. The van der Waals surface area contributed by atoms with Crippen molar-refractivity contribution in [2.24, 2.45) is 0 Å². The summed E-state index contributed by atoms with van der Waals surface area (Å²) >= 11 is 0. The standard InChI is InChI=1S/C53H36N.Ir/c1-2-12-38(13-3-1)41-14-6-17-44(32-41)46-19-8-21-48(34-46)50-23-10-24-51(36-50)49-22-9-20-47(35-49)45-18-7-15-42(33-45)39-27-29-40(30-28-39)43-16-11-25-52(37-43)53-26-4-5-31-54-53;/h1-24,26-37H;/q-1;. The van der Waals surface area contributed by atoms with Crippen LogP contribution in [0.25, 0.3) is 89.1 Å². The molecule has 2 heteroatoms. The molecule has 0 aliphatic heterocycles. The Morgan fingerprint density at radius 3 is 0.982 bits per heavy atom. The van der Waals surface area contributed by atoms with Crippen molar-refractivity contribution in [1.82, 2.24) is 4.98 Å². The van der Waals surface area contributed by atoms with Gasteiger partial charge in [-0.15, -0.1) is 35.4 Å². The molecule has 0 aliphatic rings. The van der Waals surface area contributed by atoms with E-state index in [1.165, 1.54) is 72.3 Å². The first-order valence-electron chi connectivity index (χ1n) is 18.3. The number of benzene rings is 8. The van der Waals surface area contributed by atoms with Crippen molar-refractivity contribution in [3.05, 3.63) is 225 Å². The fourth-order valence-electron chi connectivity index (χ4n) is 7.19. The molecule has 1 radical (unpaired) electrons. The third-order valence-electron chi connectivity index (χ3n) is 10.0. The summed E-state index contributed by atoms with van der Waals surface area (Å²) in [5, 5.41) is 0. The summed E-state index contributed by atoms with van der Waals surface area (Å²) in [6.45, 7) is 0. The second-order valence-electron chi connectivity index (χ2n) is 13.6. The van der Waals surface area contributed by atoms with E-state index in [4.69, 9.17) is 0 Å². The van der Waals surface area contributed by atoms with Crippen LogP contribution in [-0.2, 0) is 20.1 Å². The number of nitrogens with zero attached hydrogens (tertiary/aromatic N) is 1. The van der Waals surface area contributed by atoms with E-state index >= 15 is 0 Å². The molecule has 0 aliphatic carbocycles. The van der Waals surface area contributed by atoms with Gasteiger partial charge in [0.15, 0.2) is 0 Å². The van der Waals surface area contributed by atoms with E-state index in [0.717, 1.165) is 16.8 Å². The van der Waals surface area contributed by atoms with Crippen LogP contribution >= 0.6 is 0 Å². The van der Waals surface area contributed by atoms with E-state index in [9.17, 15) is 0 Å². The molecule has 1 heterocycles. The van der Waals surface area contributed by atoms with E-state index in [0.29, 0.717) is 0 Å². The molecule has 8 aromatic carbocycles. The van der Waals surface area contributed by atoms with Gasteiger partial charge in [-0.05, 0) is 114 Å². The number of pyridine rings is 1. The van der Waals surface area contributed by atoms with Gasteiger partial charge in [0.1, 0.15) is 0 Å². The minimum absolute atomic E-state index is 0. The van der Waals surface area contributed by atoms with Gasteiger partial charge in [0.2, 0.25) is 0 Å². The van der Waals surface area contributed by atoms with Crippen LogP contribution in [-0.4, -0.2) is 4.98 Å². The smallest absolute Gasteiger partial charge is 0.0160 e. The maximum atomic E-state index is 4.50. The van der Waals surface area contributed by atoms with Gasteiger partial charge >= 0.3 is 0 Å². The number of hydrogen-bond acceptors (Lipinski definition) is 1. The minimum atomic E-state index is 0. The summed E-state index contributed by atoms with van der Waals surface area (Å²) in [7, 11) is 0. The van der Waals surface area contributed by atoms with Crippen LogP contribution in [0.2, 0.25) is 0 Å². The minimum Gasteiger partial charge on any atom is -0.305 e. The monoisotopic (exact) mass is 879 g/mol. The Hall–Kier alpha value is -6.44. The van der Waals surface area contributed by atoms with Gasteiger partial charge in [0.25, 0.3) is 0 Å². The first-order chi connectivity index (χ1) is 26.7. The molecule has 1 aromatic heterocycles. The number of aromatic nitrogens is 1. The van der Waals surface area contributed by atoms with Gasteiger partial charge in [-0.25, -0.2) is 0 Å². The average molecular weight is 879 g/mol. The van der Waals surface area contributed by atoms with Crippen molar-refractivity contribution in [2.45, 2.75) is 0 Å². The fraction of sp³-hybridized carbons (Fsp3) is 0. The molecule has 1 nitrogen and oxygen atoms in total. The summed E-state index contributed by atoms with van der Waals surface area (Å²) in [5.41, 5.74) is 18.7. The summed E-state index contributed by atoms with van der Waals surface area (Å²) in [6.07, 6.45) is 1.82. The van der Waals surface area contributed by atoms with Crippen LogP contribution in [0.15, 0.2) is 219 Å². The number of rotatable bonds is 8. The first-order valence-corrected chi connectivity index (χ1v) is 18.3. The Labute approximate surface area is 337 Å². The van der Waals surface area contributed by atoms with Crippen LogP contribution in [0.1, 0.15) is 0 Å². The fourth-order valence-corrected chi connectivity index (χ4v) is 7.19. The van der Waals surface area contributed by atoms with Crippen molar-refractivity contribution >= 4 is 0 Å². The van der Waals surface area contributed by atoms with Crippen LogP contribution in [0.3, 0.4) is 0 Å². The number of hydrogen-bond donors (Lipinski definition) is 0. The van der Waals surface area contributed by atoms with Crippen molar-refractivity contribution in [3.63, 3.8) is 0 Å². The first kappa shape index (κ1) is 35.6. The van der Waals surface area contributed by atoms with E-state index < -0.39 is 0 Å². The Bertz CT molecular complexity index is 2700. The average Bonchev–Trinajstić information content (AvgIpc) is 3.27. The molecule has 0 spiro atoms. The van der Waals surface area contributed by atoms with Crippen LogP contribution in [0.4, 0.5) is 0 Å². The van der Waals surface area contributed by atoms with Gasteiger partial charge in [-0.3, -0.25) is 0 Å². The summed E-state index contributed by atoms with van der Waals surface area (Å²) in [6, 6.07) is 79.2. The van der Waals surface area contributed by atoms with E-state index in [1.807, 2.05) is 30.5 Å². The third kappa shape index (κ3) is 7.93. The zero-order valence-corrected chi connectivity index (χ0v) is 32.5. The molecule has 55 heavy (non-hydrogen) atoms. The molecule has 0 bridgehead atoms. The van der Waals surface area contributed by atoms with E-state index in [1.54, 1.807) is 0 Å².